The number of para-hydroxylation sites is 1. The van der Waals surface area contributed by atoms with Crippen LogP contribution in [-0.2, 0) is 26.2 Å². The maximum absolute atomic E-state index is 14.0. The number of amides is 2. The summed E-state index contributed by atoms with van der Waals surface area (Å²) in [5, 5.41) is 2.76. The van der Waals surface area contributed by atoms with Crippen molar-refractivity contribution in [2.75, 3.05) is 17.4 Å². The van der Waals surface area contributed by atoms with Crippen LogP contribution in [0.1, 0.15) is 25.0 Å². The van der Waals surface area contributed by atoms with E-state index in [9.17, 15) is 18.0 Å². The van der Waals surface area contributed by atoms with Gasteiger partial charge in [-0.1, -0.05) is 64.0 Å². The summed E-state index contributed by atoms with van der Waals surface area (Å²) in [6.45, 7) is 5.28. The number of nitrogens with one attached hydrogen (secondary N) is 1. The standard InChI is InChI=1S/C33H34BrN3O5S/c1-4-35-33(39)25(3)36(22-26-9-8-10-27(34)21-26)32(38)23-37(43(40,41)31-19-13-24(2)14-20-31)28-15-17-30(18-16-28)42-29-11-6-5-7-12-29/h5-21,25H,4,22-23H2,1-3H3,(H,35,39)/t25-/m0/s1. The highest BCUT2D eigenvalue weighted by molar-refractivity contribution is 9.10. The predicted molar refractivity (Wildman–Crippen MR) is 172 cm³/mol. The summed E-state index contributed by atoms with van der Waals surface area (Å²) >= 11 is 3.45. The summed E-state index contributed by atoms with van der Waals surface area (Å²) in [5.41, 5.74) is 1.97. The Balaban J connectivity index is 1.70. The number of hydrogen-bond acceptors (Lipinski definition) is 5. The third kappa shape index (κ3) is 8.24. The number of ether oxygens (including phenoxy) is 1. The minimum Gasteiger partial charge on any atom is -0.457 e. The molecule has 0 aliphatic heterocycles. The van der Waals surface area contributed by atoms with E-state index in [-0.39, 0.29) is 23.0 Å². The van der Waals surface area contributed by atoms with Crippen molar-refractivity contribution in [3.63, 3.8) is 0 Å². The molecular weight excluding hydrogens is 630 g/mol. The highest BCUT2D eigenvalue weighted by atomic mass is 79.9. The van der Waals surface area contributed by atoms with Gasteiger partial charge in [-0.15, -0.1) is 0 Å². The molecule has 4 aromatic carbocycles. The van der Waals surface area contributed by atoms with E-state index in [0.29, 0.717) is 18.0 Å². The Hall–Kier alpha value is -4.15. The zero-order valence-corrected chi connectivity index (χ0v) is 26.6. The van der Waals surface area contributed by atoms with Crippen molar-refractivity contribution in [2.45, 2.75) is 38.3 Å². The molecule has 2 amide bonds. The highest BCUT2D eigenvalue weighted by Gasteiger charge is 2.32. The van der Waals surface area contributed by atoms with E-state index >= 15 is 0 Å². The number of rotatable bonds is 12. The van der Waals surface area contributed by atoms with Crippen molar-refractivity contribution >= 4 is 43.5 Å². The number of carbonyl (C=O) groups excluding carboxylic acids is 2. The fourth-order valence-corrected chi connectivity index (χ4v) is 6.27. The summed E-state index contributed by atoms with van der Waals surface area (Å²) in [7, 11) is -4.17. The van der Waals surface area contributed by atoms with Crippen molar-refractivity contribution in [2.24, 2.45) is 0 Å². The van der Waals surface area contributed by atoms with Crippen LogP contribution in [-0.4, -0.2) is 44.3 Å². The SMILES string of the molecule is CCNC(=O)[C@H](C)N(Cc1cccc(Br)c1)C(=O)CN(c1ccc(Oc2ccccc2)cc1)S(=O)(=O)c1ccc(C)cc1. The van der Waals surface area contributed by atoms with Gasteiger partial charge in [0.1, 0.15) is 24.1 Å². The number of likely N-dealkylation sites (N-methyl/N-ethyl adjacent to an activating group) is 1. The molecule has 0 radical (unpaired) electrons. The molecule has 0 spiro atoms. The van der Waals surface area contributed by atoms with Gasteiger partial charge in [0.15, 0.2) is 0 Å². The van der Waals surface area contributed by atoms with Crippen LogP contribution in [0.5, 0.6) is 11.5 Å². The molecule has 0 aliphatic rings. The van der Waals surface area contributed by atoms with Gasteiger partial charge >= 0.3 is 0 Å². The van der Waals surface area contributed by atoms with Gasteiger partial charge in [0.2, 0.25) is 11.8 Å². The second kappa shape index (κ2) is 14.3. The highest BCUT2D eigenvalue weighted by Crippen LogP contribution is 2.29. The Bertz CT molecular complexity index is 1650. The quantitative estimate of drug-likeness (QED) is 0.192. The minimum absolute atomic E-state index is 0.0471. The summed E-state index contributed by atoms with van der Waals surface area (Å²) in [6, 6.07) is 28.7. The second-order valence-electron chi connectivity index (χ2n) is 9.96. The molecule has 8 nitrogen and oxygen atoms in total. The molecule has 10 heteroatoms. The number of benzene rings is 4. The monoisotopic (exact) mass is 663 g/mol. The molecule has 1 N–H and O–H groups in total. The topological polar surface area (TPSA) is 96.0 Å². The molecule has 0 unspecified atom stereocenters. The maximum Gasteiger partial charge on any atom is 0.264 e. The number of aryl methyl sites for hydroxylation is 1. The lowest BCUT2D eigenvalue weighted by Gasteiger charge is -2.32. The average Bonchev–Trinajstić information content (AvgIpc) is 2.99. The largest absolute Gasteiger partial charge is 0.457 e. The van der Waals surface area contributed by atoms with Crippen molar-refractivity contribution in [3.05, 3.63) is 119 Å². The third-order valence-electron chi connectivity index (χ3n) is 6.75. The van der Waals surface area contributed by atoms with Gasteiger partial charge in [-0.25, -0.2) is 8.42 Å². The fraction of sp³-hybridized carbons (Fsp3) is 0.212. The molecule has 4 aromatic rings. The van der Waals surface area contributed by atoms with Crippen LogP contribution in [0, 0.1) is 6.92 Å². The molecule has 0 saturated carbocycles. The molecule has 0 bridgehead atoms. The first-order valence-electron chi connectivity index (χ1n) is 13.8. The van der Waals surface area contributed by atoms with Crippen LogP contribution in [0.3, 0.4) is 0 Å². The molecular formula is C33H34BrN3O5S. The van der Waals surface area contributed by atoms with E-state index in [1.807, 2.05) is 61.5 Å². The number of carbonyl (C=O) groups is 2. The minimum atomic E-state index is -4.17. The normalized spacial score (nSPS) is 11.8. The molecule has 1 atom stereocenters. The first-order chi connectivity index (χ1) is 20.6. The maximum atomic E-state index is 14.0. The predicted octanol–water partition coefficient (Wildman–Crippen LogP) is 6.30. The van der Waals surface area contributed by atoms with Gasteiger partial charge in [0.05, 0.1) is 10.6 Å². The van der Waals surface area contributed by atoms with E-state index in [0.717, 1.165) is 19.9 Å². The molecule has 0 heterocycles. The number of halogens is 1. The Morgan fingerprint density at radius 2 is 1.53 bits per heavy atom. The van der Waals surface area contributed by atoms with Crippen LogP contribution in [0.15, 0.2) is 112 Å². The van der Waals surface area contributed by atoms with E-state index in [4.69, 9.17) is 4.74 Å². The average molecular weight is 665 g/mol. The van der Waals surface area contributed by atoms with Crippen LogP contribution in [0.2, 0.25) is 0 Å². The summed E-state index contributed by atoms with van der Waals surface area (Å²) in [6.07, 6.45) is 0. The lowest BCUT2D eigenvalue weighted by molar-refractivity contribution is -0.139. The molecule has 0 saturated heterocycles. The van der Waals surface area contributed by atoms with Crippen molar-refractivity contribution in [3.8, 4) is 11.5 Å². The smallest absolute Gasteiger partial charge is 0.264 e. The Kier molecular flexibility index (Phi) is 10.6. The van der Waals surface area contributed by atoms with Crippen LogP contribution in [0.4, 0.5) is 5.69 Å². The lowest BCUT2D eigenvalue weighted by atomic mass is 10.1. The van der Waals surface area contributed by atoms with Crippen molar-refractivity contribution in [1.29, 1.82) is 0 Å². The molecule has 43 heavy (non-hydrogen) atoms. The van der Waals surface area contributed by atoms with Gasteiger partial charge < -0.3 is 15.0 Å². The van der Waals surface area contributed by atoms with Crippen LogP contribution >= 0.6 is 15.9 Å². The van der Waals surface area contributed by atoms with Gasteiger partial charge in [-0.05, 0) is 87.0 Å². The number of nitrogens with zero attached hydrogens (tertiary/aromatic N) is 2. The zero-order valence-electron chi connectivity index (χ0n) is 24.2. The lowest BCUT2D eigenvalue weighted by Crippen LogP contribution is -2.51. The number of anilines is 1. The first kappa shape index (κ1) is 31.8. The van der Waals surface area contributed by atoms with Gasteiger partial charge in [0, 0.05) is 17.6 Å². The summed E-state index contributed by atoms with van der Waals surface area (Å²) in [4.78, 5) is 28.3. The fourth-order valence-electron chi connectivity index (χ4n) is 4.41. The van der Waals surface area contributed by atoms with E-state index < -0.39 is 28.5 Å². The van der Waals surface area contributed by atoms with Gasteiger partial charge in [-0.2, -0.15) is 0 Å². The number of sulfonamides is 1. The van der Waals surface area contributed by atoms with Crippen molar-refractivity contribution in [1.82, 2.24) is 10.2 Å². The van der Waals surface area contributed by atoms with Gasteiger partial charge in [-0.3, -0.25) is 13.9 Å². The van der Waals surface area contributed by atoms with Crippen LogP contribution < -0.4 is 14.4 Å². The molecule has 224 valence electrons. The zero-order chi connectivity index (χ0) is 31.0. The van der Waals surface area contributed by atoms with Crippen LogP contribution in [0.25, 0.3) is 0 Å². The molecule has 0 aliphatic carbocycles. The van der Waals surface area contributed by atoms with E-state index in [2.05, 4.69) is 21.2 Å². The number of hydrogen-bond donors (Lipinski definition) is 1. The third-order valence-corrected chi connectivity index (χ3v) is 9.03. The first-order valence-corrected chi connectivity index (χ1v) is 16.1. The Morgan fingerprint density at radius 3 is 2.16 bits per heavy atom. The molecule has 0 fully saturated rings. The van der Waals surface area contributed by atoms with E-state index in [1.165, 1.54) is 17.0 Å². The Morgan fingerprint density at radius 1 is 0.884 bits per heavy atom. The van der Waals surface area contributed by atoms with E-state index in [1.54, 1.807) is 50.2 Å². The Labute approximate surface area is 261 Å². The molecule has 4 rings (SSSR count). The summed E-state index contributed by atoms with van der Waals surface area (Å²) < 4.78 is 35.8. The van der Waals surface area contributed by atoms with Crippen molar-refractivity contribution < 1.29 is 22.7 Å². The van der Waals surface area contributed by atoms with Gasteiger partial charge in [0.25, 0.3) is 10.0 Å². The summed E-state index contributed by atoms with van der Waals surface area (Å²) in [5.74, 6) is 0.285. The second-order valence-corrected chi connectivity index (χ2v) is 12.7. The molecule has 0 aromatic heterocycles.